The van der Waals surface area contributed by atoms with Gasteiger partial charge in [0.25, 0.3) is 0 Å². The highest BCUT2D eigenvalue weighted by Gasteiger charge is 2.48. The second-order valence-corrected chi connectivity index (χ2v) is 12.3. The van der Waals surface area contributed by atoms with Crippen LogP contribution in [0.3, 0.4) is 0 Å². The van der Waals surface area contributed by atoms with Gasteiger partial charge in [-0.3, -0.25) is 9.59 Å². The lowest BCUT2D eigenvalue weighted by molar-refractivity contribution is -0.126. The van der Waals surface area contributed by atoms with Crippen molar-refractivity contribution in [2.24, 2.45) is 22.7 Å². The van der Waals surface area contributed by atoms with Crippen LogP contribution in [0.2, 0.25) is 0 Å². The minimum absolute atomic E-state index is 0.0360. The minimum atomic E-state index is -0.745. The van der Waals surface area contributed by atoms with Gasteiger partial charge in [0, 0.05) is 17.9 Å². The molecule has 0 aromatic carbocycles. The highest BCUT2D eigenvalue weighted by Crippen LogP contribution is 2.58. The summed E-state index contributed by atoms with van der Waals surface area (Å²) in [5.41, 5.74) is 0.603. The average Bonchev–Trinajstić information content (AvgIpc) is 3.27. The quantitative estimate of drug-likeness (QED) is 0.265. The summed E-state index contributed by atoms with van der Waals surface area (Å²) < 4.78 is 5.71. The third kappa shape index (κ3) is 7.83. The number of unbranched alkanes of at least 4 members (excludes halogenated alkanes) is 2. The van der Waals surface area contributed by atoms with E-state index in [2.05, 4.69) is 22.9 Å². The van der Waals surface area contributed by atoms with E-state index < -0.39 is 18.2 Å². The molecule has 8 heteroatoms. The van der Waals surface area contributed by atoms with Gasteiger partial charge in [0.15, 0.2) is 0 Å². The van der Waals surface area contributed by atoms with E-state index in [9.17, 15) is 19.5 Å². The topological polar surface area (TPSA) is 117 Å². The van der Waals surface area contributed by atoms with Crippen LogP contribution in [0.4, 0.5) is 4.79 Å². The lowest BCUT2D eigenvalue weighted by Crippen LogP contribution is -2.52. The minimum Gasteiger partial charge on any atom is -0.449 e. The number of nitrogens with one attached hydrogen (secondary N) is 3. The fraction of sp³-hybridized carbons (Fsp3) is 0.893. The van der Waals surface area contributed by atoms with E-state index in [0.717, 1.165) is 19.3 Å². The monoisotopic (exact) mass is 507 g/mol. The number of rotatable bonds is 14. The molecule has 8 nitrogen and oxygen atoms in total. The van der Waals surface area contributed by atoms with Gasteiger partial charge in [-0.1, -0.05) is 40.0 Å². The first-order valence-electron chi connectivity index (χ1n) is 14.3. The Balaban J connectivity index is 1.48. The first-order valence-corrected chi connectivity index (χ1v) is 14.3. The van der Waals surface area contributed by atoms with Crippen LogP contribution in [0.1, 0.15) is 104 Å². The summed E-state index contributed by atoms with van der Waals surface area (Å²) in [4.78, 5) is 37.7. The number of carbonyl (C=O) groups is 3. The van der Waals surface area contributed by atoms with Crippen LogP contribution in [0.5, 0.6) is 0 Å². The molecule has 4 N–H and O–H groups in total. The van der Waals surface area contributed by atoms with Gasteiger partial charge in [-0.2, -0.15) is 0 Å². The van der Waals surface area contributed by atoms with Gasteiger partial charge >= 0.3 is 6.09 Å². The Morgan fingerprint density at radius 1 is 1.08 bits per heavy atom. The average molecular weight is 508 g/mol. The van der Waals surface area contributed by atoms with Crippen molar-refractivity contribution >= 4 is 17.9 Å². The molecule has 4 fully saturated rings. The second-order valence-electron chi connectivity index (χ2n) is 12.3. The largest absolute Gasteiger partial charge is 0.449 e. The molecule has 206 valence electrons. The summed E-state index contributed by atoms with van der Waals surface area (Å²) in [5.74, 6) is -0.403. The van der Waals surface area contributed by atoms with Crippen LogP contribution in [0.25, 0.3) is 0 Å². The number of hydrogen-bond acceptors (Lipinski definition) is 5. The van der Waals surface area contributed by atoms with Crippen LogP contribution in [-0.2, 0) is 14.3 Å². The maximum Gasteiger partial charge on any atom is 0.407 e. The maximum atomic E-state index is 13.0. The van der Waals surface area contributed by atoms with E-state index in [1.54, 1.807) is 0 Å². The molecule has 4 aliphatic rings. The zero-order chi connectivity index (χ0) is 26.2. The molecule has 0 unspecified atom stereocenters. The molecule has 3 atom stereocenters. The Kier molecular flexibility index (Phi) is 10.5. The Hall–Kier alpha value is -1.83. The Labute approximate surface area is 217 Å². The summed E-state index contributed by atoms with van der Waals surface area (Å²) >= 11 is 0. The van der Waals surface area contributed by atoms with Crippen molar-refractivity contribution in [1.82, 2.24) is 16.0 Å². The van der Waals surface area contributed by atoms with Gasteiger partial charge in [0.1, 0.15) is 6.04 Å². The number of fused-ring (bicyclic) bond motifs is 3. The van der Waals surface area contributed by atoms with E-state index >= 15 is 0 Å². The van der Waals surface area contributed by atoms with Crippen molar-refractivity contribution in [2.75, 3.05) is 19.8 Å². The first-order chi connectivity index (χ1) is 17.2. The molecule has 1 aliphatic heterocycles. The van der Waals surface area contributed by atoms with Crippen LogP contribution in [0.15, 0.2) is 0 Å². The van der Waals surface area contributed by atoms with Gasteiger partial charge in [-0.05, 0) is 75.5 Å². The molecule has 4 rings (SSSR count). The molecule has 36 heavy (non-hydrogen) atoms. The summed E-state index contributed by atoms with van der Waals surface area (Å²) in [6.45, 7) is 7.03. The molecule has 3 aliphatic carbocycles. The lowest BCUT2D eigenvalue weighted by atomic mass is 9.53. The smallest absolute Gasteiger partial charge is 0.407 e. The van der Waals surface area contributed by atoms with E-state index in [-0.39, 0.29) is 35.7 Å². The van der Waals surface area contributed by atoms with Gasteiger partial charge < -0.3 is 25.8 Å². The Morgan fingerprint density at radius 3 is 2.31 bits per heavy atom. The van der Waals surface area contributed by atoms with Crippen molar-refractivity contribution in [2.45, 2.75) is 116 Å². The fourth-order valence-corrected chi connectivity index (χ4v) is 6.48. The molecule has 1 saturated heterocycles. The van der Waals surface area contributed by atoms with E-state index in [4.69, 9.17) is 4.74 Å². The third-order valence-electron chi connectivity index (χ3n) is 8.99. The van der Waals surface area contributed by atoms with Crippen LogP contribution in [0, 0.1) is 22.7 Å². The summed E-state index contributed by atoms with van der Waals surface area (Å²) in [6.07, 6.45) is 13.3. The summed E-state index contributed by atoms with van der Waals surface area (Å²) in [5, 5.41) is 18.2. The van der Waals surface area contributed by atoms with Gasteiger partial charge in [0.05, 0.1) is 19.3 Å². The molecule has 0 radical (unpaired) electrons. The molecular formula is C28H49N3O5. The SMILES string of the molecule is CCCCCC12CCC(COC(=O)N[C@@H](CC(C)C)C(=O)N[C@H](CO)C[C@@H]3CCNC3=O)(CC1)CC2. The molecule has 2 bridgehead atoms. The van der Waals surface area contributed by atoms with E-state index in [1.807, 2.05) is 13.8 Å². The molecule has 3 saturated carbocycles. The highest BCUT2D eigenvalue weighted by atomic mass is 16.5. The molecule has 3 amide bonds. The number of aliphatic hydroxyl groups is 1. The third-order valence-corrected chi connectivity index (χ3v) is 8.99. The second kappa shape index (κ2) is 13.1. The highest BCUT2D eigenvalue weighted by molar-refractivity contribution is 5.86. The van der Waals surface area contributed by atoms with Crippen LogP contribution in [-0.4, -0.2) is 54.9 Å². The predicted molar refractivity (Wildman–Crippen MR) is 139 cm³/mol. The van der Waals surface area contributed by atoms with Crippen LogP contribution < -0.4 is 16.0 Å². The van der Waals surface area contributed by atoms with Crippen molar-refractivity contribution in [3.05, 3.63) is 0 Å². The molecule has 0 aromatic rings. The Bertz CT molecular complexity index is 731. The standard InChI is InChI=1S/C28H49N3O5/c1-4-5-6-8-27-9-12-28(13-10-27,14-11-27)19-36-26(35)31-23(16-20(2)3)25(34)30-22(18-32)17-21-7-15-29-24(21)33/h20-23,32H,4-19H2,1-3H3,(H,29,33)(H,30,34)(H,31,35)/t21-,22-,23-,27?,28?/m0/s1. The summed E-state index contributed by atoms with van der Waals surface area (Å²) in [6, 6.07) is -1.27. The van der Waals surface area contributed by atoms with Crippen molar-refractivity contribution < 1.29 is 24.2 Å². The first kappa shape index (κ1) is 28.7. The number of alkyl carbamates (subject to hydrolysis) is 1. The molecule has 0 aromatic heterocycles. The molecular weight excluding hydrogens is 458 g/mol. The predicted octanol–water partition coefficient (Wildman–Crippen LogP) is 4.05. The number of hydrogen-bond donors (Lipinski definition) is 4. The molecule has 1 heterocycles. The van der Waals surface area contributed by atoms with Gasteiger partial charge in [-0.15, -0.1) is 0 Å². The number of ether oxygens (including phenoxy) is 1. The van der Waals surface area contributed by atoms with Crippen LogP contribution >= 0.6 is 0 Å². The van der Waals surface area contributed by atoms with Crippen molar-refractivity contribution in [1.29, 1.82) is 0 Å². The van der Waals surface area contributed by atoms with Crippen molar-refractivity contribution in [3.8, 4) is 0 Å². The van der Waals surface area contributed by atoms with E-state index in [0.29, 0.717) is 37.8 Å². The normalized spacial score (nSPS) is 29.0. The maximum absolute atomic E-state index is 13.0. The van der Waals surface area contributed by atoms with Gasteiger partial charge in [-0.25, -0.2) is 4.79 Å². The Morgan fingerprint density at radius 2 is 1.75 bits per heavy atom. The lowest BCUT2D eigenvalue weighted by Gasteiger charge is -2.53. The van der Waals surface area contributed by atoms with Crippen molar-refractivity contribution in [3.63, 3.8) is 0 Å². The zero-order valence-corrected chi connectivity index (χ0v) is 22.7. The number of amides is 3. The fourth-order valence-electron chi connectivity index (χ4n) is 6.48. The zero-order valence-electron chi connectivity index (χ0n) is 22.7. The number of carbonyl (C=O) groups excluding carboxylic acids is 3. The van der Waals surface area contributed by atoms with E-state index in [1.165, 1.54) is 44.9 Å². The number of aliphatic hydroxyl groups excluding tert-OH is 1. The van der Waals surface area contributed by atoms with Gasteiger partial charge in [0.2, 0.25) is 11.8 Å². The summed E-state index contributed by atoms with van der Waals surface area (Å²) in [7, 11) is 0. The molecule has 0 spiro atoms.